The number of nitrogens with two attached hydrogens (primary N) is 1. The van der Waals surface area contributed by atoms with Gasteiger partial charge in [0, 0.05) is 49.5 Å². The second kappa shape index (κ2) is 7.88. The lowest BCUT2D eigenvalue weighted by molar-refractivity contribution is -0.128. The zero-order valence-electron chi connectivity index (χ0n) is 16.1. The van der Waals surface area contributed by atoms with E-state index in [1.54, 1.807) is 13.1 Å². The first-order valence-electron chi connectivity index (χ1n) is 9.76. The van der Waals surface area contributed by atoms with Gasteiger partial charge < -0.3 is 16.0 Å². The van der Waals surface area contributed by atoms with Gasteiger partial charge in [0.1, 0.15) is 5.84 Å². The molecule has 1 saturated carbocycles. The third-order valence-electron chi connectivity index (χ3n) is 5.31. The third-order valence-corrected chi connectivity index (χ3v) is 5.31. The highest BCUT2D eigenvalue weighted by atomic mass is 16.2. The van der Waals surface area contributed by atoms with E-state index < -0.39 is 0 Å². The number of benzene rings is 1. The molecular formula is C21H26N6O. The van der Waals surface area contributed by atoms with Crippen LogP contribution < -0.4 is 11.1 Å². The molecule has 0 bridgehead atoms. The highest BCUT2D eigenvalue weighted by molar-refractivity contribution is 6.00. The van der Waals surface area contributed by atoms with Crippen molar-refractivity contribution < 1.29 is 4.79 Å². The molecule has 28 heavy (non-hydrogen) atoms. The minimum atomic E-state index is 0.0628. The first-order valence-corrected chi connectivity index (χ1v) is 9.76. The summed E-state index contributed by atoms with van der Waals surface area (Å²) in [4.78, 5) is 18.4. The average Bonchev–Trinajstić information content (AvgIpc) is 3.36. The normalized spacial score (nSPS) is 17.8. The van der Waals surface area contributed by atoms with E-state index in [-0.39, 0.29) is 5.91 Å². The zero-order valence-corrected chi connectivity index (χ0v) is 16.1. The number of aromatic amines is 1. The number of hydrogen-bond acceptors (Lipinski definition) is 4. The molecule has 7 heteroatoms. The molecule has 2 aromatic rings. The SMILES string of the molecule is CC(=O)N1CCC(NCC2CC2)=C(C(N)=Nc2cccc(-c3ccn[nH]3)c2)C1. The number of hydrogen-bond donors (Lipinski definition) is 3. The molecule has 4 rings (SSSR count). The predicted molar refractivity (Wildman–Crippen MR) is 110 cm³/mol. The molecule has 1 aliphatic carbocycles. The van der Waals surface area contributed by atoms with Crippen LogP contribution in [0, 0.1) is 5.92 Å². The molecule has 1 fully saturated rings. The number of nitrogens with one attached hydrogen (secondary N) is 2. The van der Waals surface area contributed by atoms with E-state index in [9.17, 15) is 4.79 Å². The van der Waals surface area contributed by atoms with Crippen molar-refractivity contribution in [3.63, 3.8) is 0 Å². The van der Waals surface area contributed by atoms with Gasteiger partial charge in [0.15, 0.2) is 0 Å². The predicted octanol–water partition coefficient (Wildman–Crippen LogP) is 2.57. The number of H-pyrrole nitrogens is 1. The molecule has 1 aliphatic heterocycles. The van der Waals surface area contributed by atoms with Crippen LogP contribution in [0.5, 0.6) is 0 Å². The van der Waals surface area contributed by atoms with Crippen LogP contribution in [0.15, 0.2) is 52.8 Å². The summed E-state index contributed by atoms with van der Waals surface area (Å²) < 4.78 is 0. The van der Waals surface area contributed by atoms with Crippen molar-refractivity contribution >= 4 is 17.4 Å². The number of nitrogens with zero attached hydrogens (tertiary/aromatic N) is 3. The third kappa shape index (κ3) is 4.24. The number of carbonyl (C=O) groups excluding carboxylic acids is 1. The molecule has 0 unspecified atom stereocenters. The van der Waals surface area contributed by atoms with Crippen molar-refractivity contribution in [3.8, 4) is 11.3 Å². The number of rotatable bonds is 6. The summed E-state index contributed by atoms with van der Waals surface area (Å²) >= 11 is 0. The molecule has 4 N–H and O–H groups in total. The van der Waals surface area contributed by atoms with Crippen molar-refractivity contribution in [3.05, 3.63) is 47.8 Å². The topological polar surface area (TPSA) is 99.4 Å². The van der Waals surface area contributed by atoms with Gasteiger partial charge in [0.25, 0.3) is 0 Å². The quantitative estimate of drug-likeness (QED) is 0.531. The summed E-state index contributed by atoms with van der Waals surface area (Å²) in [6, 6.07) is 9.77. The molecule has 0 saturated heterocycles. The summed E-state index contributed by atoms with van der Waals surface area (Å²) in [5, 5.41) is 10.5. The van der Waals surface area contributed by atoms with Gasteiger partial charge >= 0.3 is 0 Å². The van der Waals surface area contributed by atoms with Gasteiger partial charge in [-0.15, -0.1) is 0 Å². The number of aromatic nitrogens is 2. The van der Waals surface area contributed by atoms with Crippen LogP contribution >= 0.6 is 0 Å². The number of aliphatic imine (C=N–C) groups is 1. The fourth-order valence-electron chi connectivity index (χ4n) is 3.42. The van der Waals surface area contributed by atoms with E-state index in [2.05, 4.69) is 20.5 Å². The molecule has 2 heterocycles. The molecule has 146 valence electrons. The van der Waals surface area contributed by atoms with Crippen LogP contribution in [0.4, 0.5) is 5.69 Å². The molecule has 1 amide bonds. The number of amidine groups is 1. The van der Waals surface area contributed by atoms with Crippen molar-refractivity contribution in [2.45, 2.75) is 26.2 Å². The fraction of sp³-hybridized carbons (Fsp3) is 0.381. The van der Waals surface area contributed by atoms with E-state index in [0.29, 0.717) is 18.9 Å². The lowest BCUT2D eigenvalue weighted by Crippen LogP contribution is -2.41. The van der Waals surface area contributed by atoms with Crippen molar-refractivity contribution in [2.24, 2.45) is 16.6 Å². The molecule has 1 aromatic carbocycles. The Kier molecular flexibility index (Phi) is 5.14. The summed E-state index contributed by atoms with van der Waals surface area (Å²) in [7, 11) is 0. The lowest BCUT2D eigenvalue weighted by atomic mass is 10.0. The fourth-order valence-corrected chi connectivity index (χ4v) is 3.42. The van der Waals surface area contributed by atoms with E-state index in [0.717, 1.165) is 47.1 Å². The minimum absolute atomic E-state index is 0.0628. The molecule has 1 aromatic heterocycles. The lowest BCUT2D eigenvalue weighted by Gasteiger charge is -2.30. The molecular weight excluding hydrogens is 352 g/mol. The molecule has 0 atom stereocenters. The molecule has 0 spiro atoms. The standard InChI is InChI=1S/C21H26N6O/c1-14(28)27-10-8-20(23-12-15-5-6-15)18(13-27)21(22)25-17-4-2-3-16(11-17)19-7-9-24-26-19/h2-4,7,9,11,15,23H,5-6,8,10,12-13H2,1H3,(H2,22,25)(H,24,26). The van der Waals surface area contributed by atoms with E-state index in [1.165, 1.54) is 12.8 Å². The summed E-state index contributed by atoms with van der Waals surface area (Å²) in [5.41, 5.74) is 11.2. The Balaban J connectivity index is 1.61. The van der Waals surface area contributed by atoms with Crippen molar-refractivity contribution in [2.75, 3.05) is 19.6 Å². The second-order valence-corrected chi connectivity index (χ2v) is 7.49. The maximum Gasteiger partial charge on any atom is 0.219 e. The van der Waals surface area contributed by atoms with Crippen molar-refractivity contribution in [1.29, 1.82) is 0 Å². The zero-order chi connectivity index (χ0) is 19.5. The molecule has 7 nitrogen and oxygen atoms in total. The van der Waals surface area contributed by atoms with Gasteiger partial charge in [-0.3, -0.25) is 9.89 Å². The Morgan fingerprint density at radius 2 is 2.25 bits per heavy atom. The van der Waals surface area contributed by atoms with Gasteiger partial charge in [-0.05, 0) is 37.0 Å². The van der Waals surface area contributed by atoms with Crippen LogP contribution in [0.3, 0.4) is 0 Å². The average molecular weight is 378 g/mol. The van der Waals surface area contributed by atoms with E-state index in [4.69, 9.17) is 5.73 Å². The molecule has 0 radical (unpaired) electrons. The van der Waals surface area contributed by atoms with Crippen LogP contribution in [0.25, 0.3) is 11.3 Å². The smallest absolute Gasteiger partial charge is 0.219 e. The van der Waals surface area contributed by atoms with Crippen molar-refractivity contribution in [1.82, 2.24) is 20.4 Å². The largest absolute Gasteiger partial charge is 0.388 e. The van der Waals surface area contributed by atoms with Gasteiger partial charge in [-0.2, -0.15) is 5.10 Å². The van der Waals surface area contributed by atoms with Crippen LogP contribution in [-0.2, 0) is 4.79 Å². The number of amides is 1. The first-order chi connectivity index (χ1) is 13.6. The number of carbonyl (C=O) groups is 1. The highest BCUT2D eigenvalue weighted by Gasteiger charge is 2.26. The van der Waals surface area contributed by atoms with Gasteiger partial charge in [0.05, 0.1) is 17.9 Å². The first kappa shape index (κ1) is 18.3. The maximum atomic E-state index is 11.9. The Morgan fingerprint density at radius 1 is 1.39 bits per heavy atom. The Morgan fingerprint density at radius 3 is 2.96 bits per heavy atom. The van der Waals surface area contributed by atoms with Crippen LogP contribution in [-0.4, -0.2) is 46.5 Å². The summed E-state index contributed by atoms with van der Waals surface area (Å²) in [6.07, 6.45) is 5.09. The minimum Gasteiger partial charge on any atom is -0.388 e. The summed E-state index contributed by atoms with van der Waals surface area (Å²) in [5.74, 6) is 1.29. The Labute approximate surface area is 164 Å². The monoisotopic (exact) mass is 378 g/mol. The van der Waals surface area contributed by atoms with Gasteiger partial charge in [-0.1, -0.05) is 12.1 Å². The van der Waals surface area contributed by atoms with Crippen LogP contribution in [0.1, 0.15) is 26.2 Å². The maximum absolute atomic E-state index is 11.9. The molecule has 2 aliphatic rings. The Bertz CT molecular complexity index is 911. The second-order valence-electron chi connectivity index (χ2n) is 7.49. The summed E-state index contributed by atoms with van der Waals surface area (Å²) in [6.45, 7) is 3.79. The van der Waals surface area contributed by atoms with E-state index in [1.807, 2.05) is 35.2 Å². The highest BCUT2D eigenvalue weighted by Crippen LogP contribution is 2.29. The van der Waals surface area contributed by atoms with Gasteiger partial charge in [-0.25, -0.2) is 4.99 Å². The Hall–Kier alpha value is -3.09. The van der Waals surface area contributed by atoms with Gasteiger partial charge in [0.2, 0.25) is 5.91 Å². The van der Waals surface area contributed by atoms with E-state index >= 15 is 0 Å². The van der Waals surface area contributed by atoms with Crippen LogP contribution in [0.2, 0.25) is 0 Å².